The Hall–Kier alpha value is -2.15. The predicted molar refractivity (Wildman–Crippen MR) is 140 cm³/mol. The number of aliphatic hydroxyl groups is 1. The smallest absolute Gasteiger partial charge is 0.159 e. The highest BCUT2D eigenvalue weighted by Gasteiger charge is 2.28. The van der Waals surface area contributed by atoms with Gasteiger partial charge in [-0.2, -0.15) is 0 Å². The van der Waals surface area contributed by atoms with E-state index in [-0.39, 0.29) is 18.2 Å². The lowest BCUT2D eigenvalue weighted by Gasteiger charge is -2.19. The number of halogens is 2. The number of ether oxygens (including phenoxy) is 1. The van der Waals surface area contributed by atoms with E-state index in [9.17, 15) is 8.78 Å². The van der Waals surface area contributed by atoms with Crippen LogP contribution in [0.25, 0.3) is 0 Å². The summed E-state index contributed by atoms with van der Waals surface area (Å²) in [6.07, 6.45) is 13.5. The molecular weight excluding hydrogens is 434 g/mol. The molecule has 4 nitrogen and oxygen atoms in total. The number of allylic oxidation sites excluding steroid dienone is 5. The number of aliphatic hydroxyl groups excluding tert-OH is 1. The van der Waals surface area contributed by atoms with E-state index in [0.717, 1.165) is 50.6 Å². The maximum absolute atomic E-state index is 13.0. The minimum absolute atomic E-state index is 0.0974. The van der Waals surface area contributed by atoms with Crippen molar-refractivity contribution in [1.29, 1.82) is 0 Å². The fourth-order valence-corrected chi connectivity index (χ4v) is 3.62. The Labute approximate surface area is 205 Å². The van der Waals surface area contributed by atoms with Crippen LogP contribution in [-0.4, -0.2) is 30.1 Å². The zero-order valence-electron chi connectivity index (χ0n) is 21.9. The summed E-state index contributed by atoms with van der Waals surface area (Å²) in [5, 5.41) is 7.00. The number of nitrogens with zero attached hydrogens (tertiary/aromatic N) is 1. The molecule has 3 atom stereocenters. The molecule has 0 saturated carbocycles. The van der Waals surface area contributed by atoms with Gasteiger partial charge in [0, 0.05) is 19.0 Å². The standard InChI is InChI=1S/C15H25N.C12H15F2NO.CH4O/c1-6-9-12-16-14(5)15(11-8-3)13(4)10-7-2;1-7-2-5-11(16-7)12(15)8-3-4-9(13)10(14)6-8;1-2/h8-9,11-12H,6-7,10H2,1-5H3;3-4,6-7,11-12H,2,5,15H2,1H3;2H,1H3/b11-8-,12-9+,15-13+,16-14+;;. The number of aliphatic imine (C=N–C) groups is 1. The molecule has 1 fully saturated rings. The van der Waals surface area contributed by atoms with Crippen molar-refractivity contribution in [2.45, 2.75) is 91.9 Å². The Morgan fingerprint density at radius 2 is 1.88 bits per heavy atom. The van der Waals surface area contributed by atoms with Crippen LogP contribution in [0.2, 0.25) is 0 Å². The Kier molecular flexibility index (Phi) is 17.1. The molecule has 0 amide bonds. The van der Waals surface area contributed by atoms with Crippen LogP contribution < -0.4 is 5.73 Å². The fourth-order valence-electron chi connectivity index (χ4n) is 3.62. The monoisotopic (exact) mass is 478 g/mol. The Morgan fingerprint density at radius 3 is 2.38 bits per heavy atom. The molecule has 0 aliphatic carbocycles. The van der Waals surface area contributed by atoms with Crippen molar-refractivity contribution in [3.63, 3.8) is 0 Å². The molecule has 3 unspecified atom stereocenters. The molecule has 192 valence electrons. The van der Waals surface area contributed by atoms with Gasteiger partial charge in [0.2, 0.25) is 0 Å². The summed E-state index contributed by atoms with van der Waals surface area (Å²) in [6, 6.07) is 3.37. The van der Waals surface area contributed by atoms with Crippen molar-refractivity contribution >= 4 is 5.71 Å². The van der Waals surface area contributed by atoms with Crippen molar-refractivity contribution in [2.24, 2.45) is 10.7 Å². The number of hydrogen-bond donors (Lipinski definition) is 2. The highest BCUT2D eigenvalue weighted by molar-refractivity contribution is 6.01. The van der Waals surface area contributed by atoms with Gasteiger partial charge in [-0.3, -0.25) is 4.99 Å². The number of benzene rings is 1. The molecule has 0 radical (unpaired) electrons. The van der Waals surface area contributed by atoms with Crippen molar-refractivity contribution in [2.75, 3.05) is 7.11 Å². The molecule has 3 N–H and O–H groups in total. The molecule has 34 heavy (non-hydrogen) atoms. The second-order valence-corrected chi connectivity index (χ2v) is 8.21. The van der Waals surface area contributed by atoms with Gasteiger partial charge in [0.25, 0.3) is 0 Å². The van der Waals surface area contributed by atoms with E-state index in [2.05, 4.69) is 50.9 Å². The van der Waals surface area contributed by atoms with Crippen LogP contribution in [0, 0.1) is 11.6 Å². The van der Waals surface area contributed by atoms with E-state index in [0.29, 0.717) is 5.56 Å². The molecule has 1 aromatic carbocycles. The largest absolute Gasteiger partial charge is 0.400 e. The van der Waals surface area contributed by atoms with Crippen molar-refractivity contribution in [3.8, 4) is 0 Å². The van der Waals surface area contributed by atoms with E-state index in [4.69, 9.17) is 15.6 Å². The van der Waals surface area contributed by atoms with Crippen molar-refractivity contribution < 1.29 is 18.6 Å². The third kappa shape index (κ3) is 11.3. The van der Waals surface area contributed by atoms with Crippen LogP contribution in [0.4, 0.5) is 8.78 Å². The number of hydrogen-bond acceptors (Lipinski definition) is 4. The Bertz CT molecular complexity index is 832. The topological polar surface area (TPSA) is 67.8 Å². The van der Waals surface area contributed by atoms with Gasteiger partial charge in [-0.05, 0) is 76.6 Å². The zero-order chi connectivity index (χ0) is 26.1. The molecule has 0 bridgehead atoms. The average molecular weight is 479 g/mol. The zero-order valence-corrected chi connectivity index (χ0v) is 21.9. The third-order valence-electron chi connectivity index (χ3n) is 5.41. The van der Waals surface area contributed by atoms with Crippen LogP contribution in [-0.2, 0) is 4.74 Å². The second kappa shape index (κ2) is 18.2. The maximum atomic E-state index is 13.0. The fraction of sp³-hybridized carbons (Fsp3) is 0.536. The first kappa shape index (κ1) is 31.9. The van der Waals surface area contributed by atoms with Crippen LogP contribution in [0.1, 0.15) is 85.3 Å². The highest BCUT2D eigenvalue weighted by Crippen LogP contribution is 2.29. The molecule has 1 heterocycles. The van der Waals surface area contributed by atoms with Gasteiger partial charge < -0.3 is 15.6 Å². The predicted octanol–water partition coefficient (Wildman–Crippen LogP) is 7.20. The summed E-state index contributed by atoms with van der Waals surface area (Å²) >= 11 is 0. The van der Waals surface area contributed by atoms with Gasteiger partial charge in [0.1, 0.15) is 0 Å². The summed E-state index contributed by atoms with van der Waals surface area (Å²) in [6.45, 7) is 12.6. The molecule has 1 aromatic rings. The first-order valence-corrected chi connectivity index (χ1v) is 12.1. The molecule has 1 aliphatic rings. The van der Waals surface area contributed by atoms with Gasteiger partial charge in [-0.1, -0.05) is 50.1 Å². The number of rotatable bonds is 8. The molecule has 6 heteroatoms. The second-order valence-electron chi connectivity index (χ2n) is 8.21. The summed E-state index contributed by atoms with van der Waals surface area (Å²) in [5.74, 6) is -1.71. The van der Waals surface area contributed by atoms with E-state index in [1.54, 1.807) is 0 Å². The quantitative estimate of drug-likeness (QED) is 0.306. The lowest BCUT2D eigenvalue weighted by atomic mass is 10.00. The first-order chi connectivity index (χ1) is 16.2. The Morgan fingerprint density at radius 1 is 1.21 bits per heavy atom. The number of nitrogens with two attached hydrogens (primary N) is 1. The normalized spacial score (nSPS) is 19.9. The Balaban J connectivity index is 0.000000597. The molecule has 2 rings (SSSR count). The van der Waals surface area contributed by atoms with Crippen LogP contribution in [0.5, 0.6) is 0 Å². The van der Waals surface area contributed by atoms with Gasteiger partial charge in [0.05, 0.1) is 18.2 Å². The summed E-state index contributed by atoms with van der Waals surface area (Å²) in [4.78, 5) is 4.46. The molecule has 0 spiro atoms. The van der Waals surface area contributed by atoms with Crippen molar-refractivity contribution in [3.05, 3.63) is 71.0 Å². The van der Waals surface area contributed by atoms with Crippen LogP contribution >= 0.6 is 0 Å². The summed E-state index contributed by atoms with van der Waals surface area (Å²) < 4.78 is 31.4. The average Bonchev–Trinajstić information content (AvgIpc) is 3.27. The minimum atomic E-state index is -0.862. The van der Waals surface area contributed by atoms with Gasteiger partial charge in [0.15, 0.2) is 11.6 Å². The molecule has 1 saturated heterocycles. The van der Waals surface area contributed by atoms with Crippen LogP contribution in [0.15, 0.2) is 58.8 Å². The molecule has 0 aromatic heterocycles. The van der Waals surface area contributed by atoms with Gasteiger partial charge in [-0.25, -0.2) is 8.78 Å². The van der Waals surface area contributed by atoms with E-state index in [1.807, 2.05) is 20.0 Å². The van der Waals surface area contributed by atoms with E-state index < -0.39 is 11.6 Å². The third-order valence-corrected chi connectivity index (χ3v) is 5.41. The van der Waals surface area contributed by atoms with E-state index in [1.165, 1.54) is 23.6 Å². The maximum Gasteiger partial charge on any atom is 0.159 e. The first-order valence-electron chi connectivity index (χ1n) is 12.1. The lowest BCUT2D eigenvalue weighted by Crippen LogP contribution is -2.26. The van der Waals surface area contributed by atoms with E-state index >= 15 is 0 Å². The lowest BCUT2D eigenvalue weighted by molar-refractivity contribution is 0.0400. The summed E-state index contributed by atoms with van der Waals surface area (Å²) in [5.41, 5.74) is 10.4. The van der Waals surface area contributed by atoms with Crippen LogP contribution in [0.3, 0.4) is 0 Å². The SMILES string of the molecule is CC1CCC(C(N)c2ccc(F)c(F)c2)O1.CO.C\C=C/C(C(/C)=N/C=C/CC)=C(/C)CCC. The van der Waals surface area contributed by atoms with Gasteiger partial charge in [-0.15, -0.1) is 0 Å². The van der Waals surface area contributed by atoms with Gasteiger partial charge >= 0.3 is 0 Å². The van der Waals surface area contributed by atoms with Crippen molar-refractivity contribution in [1.82, 2.24) is 0 Å². The molecule has 1 aliphatic heterocycles. The highest BCUT2D eigenvalue weighted by atomic mass is 19.2. The summed E-state index contributed by atoms with van der Waals surface area (Å²) in [7, 11) is 1.00. The minimum Gasteiger partial charge on any atom is -0.400 e. The molecular formula is C28H44F2N2O2.